The van der Waals surface area contributed by atoms with E-state index < -0.39 is 5.97 Å². The molecule has 1 N–H and O–H groups in total. The molecular formula is C7H7O3. The molecule has 1 rings (SSSR count). The second-order valence-electron chi connectivity index (χ2n) is 1.91. The fraction of sp³-hybridized carbons (Fsp3) is 0.286. The van der Waals surface area contributed by atoms with Gasteiger partial charge < -0.3 is 9.52 Å². The lowest BCUT2D eigenvalue weighted by molar-refractivity contribution is -0.137. The summed E-state index contributed by atoms with van der Waals surface area (Å²) >= 11 is 0. The highest BCUT2D eigenvalue weighted by atomic mass is 16.4. The third-order valence-corrected chi connectivity index (χ3v) is 1.11. The zero-order valence-corrected chi connectivity index (χ0v) is 5.33. The van der Waals surface area contributed by atoms with Gasteiger partial charge in [0.2, 0.25) is 0 Å². The average molecular weight is 139 g/mol. The van der Waals surface area contributed by atoms with Crippen molar-refractivity contribution in [2.45, 2.75) is 12.8 Å². The molecule has 0 unspecified atom stereocenters. The number of hydrogen-bond acceptors (Lipinski definition) is 2. The van der Waals surface area contributed by atoms with Crippen LogP contribution in [0.1, 0.15) is 12.2 Å². The Labute approximate surface area is 58.3 Å². The molecule has 0 saturated heterocycles. The normalized spacial score (nSPS) is 9.60. The van der Waals surface area contributed by atoms with Gasteiger partial charge in [0, 0.05) is 6.42 Å². The lowest BCUT2D eigenvalue weighted by Gasteiger charge is -1.89. The SMILES string of the molecule is O=C(O)CCc1cc[c]o1. The molecule has 0 aromatic carbocycles. The molecule has 1 aromatic rings. The summed E-state index contributed by atoms with van der Waals surface area (Å²) in [5.74, 6) is -0.140. The van der Waals surface area contributed by atoms with Crippen LogP contribution in [0, 0.1) is 6.26 Å². The van der Waals surface area contributed by atoms with Gasteiger partial charge in [0.25, 0.3) is 0 Å². The minimum atomic E-state index is -0.809. The number of aliphatic carboxylic acids is 1. The maximum absolute atomic E-state index is 10.0. The number of furan rings is 1. The molecule has 0 amide bonds. The zero-order chi connectivity index (χ0) is 7.40. The lowest BCUT2D eigenvalue weighted by Crippen LogP contribution is -1.95. The number of rotatable bonds is 3. The van der Waals surface area contributed by atoms with Crippen LogP contribution in [0.4, 0.5) is 0 Å². The van der Waals surface area contributed by atoms with Gasteiger partial charge in [-0.3, -0.25) is 4.79 Å². The summed E-state index contributed by atoms with van der Waals surface area (Å²) in [6.45, 7) is 0. The van der Waals surface area contributed by atoms with Crippen molar-refractivity contribution in [2.75, 3.05) is 0 Å². The Hall–Kier alpha value is -1.25. The summed E-state index contributed by atoms with van der Waals surface area (Å²) in [6, 6.07) is 3.33. The summed E-state index contributed by atoms with van der Waals surface area (Å²) in [6.07, 6.45) is 3.04. The minimum absolute atomic E-state index is 0.112. The van der Waals surface area contributed by atoms with E-state index in [4.69, 9.17) is 9.52 Å². The minimum Gasteiger partial charge on any atom is -0.481 e. The number of hydrogen-bond donors (Lipinski definition) is 1. The molecule has 0 aliphatic rings. The van der Waals surface area contributed by atoms with E-state index in [9.17, 15) is 4.79 Å². The van der Waals surface area contributed by atoms with E-state index in [2.05, 4.69) is 6.26 Å². The highest BCUT2D eigenvalue weighted by molar-refractivity contribution is 5.66. The fourth-order valence-corrected chi connectivity index (χ4v) is 0.635. The van der Waals surface area contributed by atoms with Gasteiger partial charge in [0.05, 0.1) is 6.42 Å². The smallest absolute Gasteiger partial charge is 0.303 e. The van der Waals surface area contributed by atoms with Crippen LogP contribution < -0.4 is 0 Å². The number of aryl methyl sites for hydroxylation is 1. The Morgan fingerprint density at radius 3 is 3.10 bits per heavy atom. The summed E-state index contributed by atoms with van der Waals surface area (Å²) in [4.78, 5) is 10.0. The summed E-state index contributed by atoms with van der Waals surface area (Å²) in [7, 11) is 0. The van der Waals surface area contributed by atoms with Crippen molar-refractivity contribution in [3.8, 4) is 0 Å². The predicted molar refractivity (Wildman–Crippen MR) is 33.5 cm³/mol. The lowest BCUT2D eigenvalue weighted by atomic mass is 10.2. The first-order chi connectivity index (χ1) is 4.79. The van der Waals surface area contributed by atoms with Gasteiger partial charge in [0.15, 0.2) is 6.26 Å². The van der Waals surface area contributed by atoms with Gasteiger partial charge in [-0.05, 0) is 12.1 Å². The van der Waals surface area contributed by atoms with E-state index in [0.29, 0.717) is 12.2 Å². The van der Waals surface area contributed by atoms with E-state index in [1.54, 1.807) is 12.1 Å². The molecule has 3 nitrogen and oxygen atoms in total. The van der Waals surface area contributed by atoms with Gasteiger partial charge in [-0.25, -0.2) is 0 Å². The van der Waals surface area contributed by atoms with E-state index >= 15 is 0 Å². The average Bonchev–Trinajstić information content (AvgIpc) is 2.34. The van der Waals surface area contributed by atoms with Crippen molar-refractivity contribution in [3.05, 3.63) is 24.2 Å². The van der Waals surface area contributed by atoms with Crippen LogP contribution in [-0.2, 0) is 11.2 Å². The van der Waals surface area contributed by atoms with Crippen LogP contribution in [0.25, 0.3) is 0 Å². The quantitative estimate of drug-likeness (QED) is 0.682. The van der Waals surface area contributed by atoms with Crippen molar-refractivity contribution in [3.63, 3.8) is 0 Å². The Kier molecular flexibility index (Phi) is 2.10. The van der Waals surface area contributed by atoms with Crippen LogP contribution in [0.15, 0.2) is 16.5 Å². The Morgan fingerprint density at radius 1 is 1.80 bits per heavy atom. The number of carboxylic acids is 1. The van der Waals surface area contributed by atoms with Crippen molar-refractivity contribution in [2.24, 2.45) is 0 Å². The van der Waals surface area contributed by atoms with Crippen LogP contribution >= 0.6 is 0 Å². The van der Waals surface area contributed by atoms with E-state index in [1.807, 2.05) is 0 Å². The molecule has 0 atom stereocenters. The topological polar surface area (TPSA) is 50.4 Å². The molecule has 0 fully saturated rings. The third-order valence-electron chi connectivity index (χ3n) is 1.11. The van der Waals surface area contributed by atoms with E-state index in [1.165, 1.54) is 0 Å². The summed E-state index contributed by atoms with van der Waals surface area (Å²) in [5, 5.41) is 8.26. The standard InChI is InChI=1S/C7H7O3/c8-7(9)4-3-6-2-1-5-10-6/h1-2H,3-4H2,(H,8,9). The van der Waals surface area contributed by atoms with Crippen LogP contribution in [0.3, 0.4) is 0 Å². The molecule has 0 aliphatic carbocycles. The molecular weight excluding hydrogens is 132 g/mol. The highest BCUT2D eigenvalue weighted by Gasteiger charge is 1.99. The van der Waals surface area contributed by atoms with Crippen LogP contribution in [-0.4, -0.2) is 11.1 Å². The Morgan fingerprint density at radius 2 is 2.60 bits per heavy atom. The van der Waals surface area contributed by atoms with Crippen molar-refractivity contribution >= 4 is 5.97 Å². The monoisotopic (exact) mass is 139 g/mol. The Balaban J connectivity index is 2.35. The second kappa shape index (κ2) is 3.06. The second-order valence-corrected chi connectivity index (χ2v) is 1.91. The van der Waals surface area contributed by atoms with Gasteiger partial charge >= 0.3 is 5.97 Å². The molecule has 0 aliphatic heterocycles. The summed E-state index contributed by atoms with van der Waals surface area (Å²) < 4.78 is 4.80. The van der Waals surface area contributed by atoms with Gasteiger partial charge in [-0.15, -0.1) is 0 Å². The molecule has 1 radical (unpaired) electrons. The maximum atomic E-state index is 10.0. The predicted octanol–water partition coefficient (Wildman–Crippen LogP) is 1.10. The first kappa shape index (κ1) is 6.86. The molecule has 0 saturated carbocycles. The fourth-order valence-electron chi connectivity index (χ4n) is 0.635. The third kappa shape index (κ3) is 1.93. The first-order valence-electron chi connectivity index (χ1n) is 2.95. The van der Waals surface area contributed by atoms with E-state index in [0.717, 1.165) is 0 Å². The van der Waals surface area contributed by atoms with Gasteiger partial charge in [0.1, 0.15) is 5.76 Å². The number of carbonyl (C=O) groups is 1. The van der Waals surface area contributed by atoms with Crippen molar-refractivity contribution in [1.82, 2.24) is 0 Å². The van der Waals surface area contributed by atoms with Crippen LogP contribution in [0.2, 0.25) is 0 Å². The molecule has 0 spiro atoms. The maximum Gasteiger partial charge on any atom is 0.303 e. The van der Waals surface area contributed by atoms with Crippen molar-refractivity contribution in [1.29, 1.82) is 0 Å². The summed E-state index contributed by atoms with van der Waals surface area (Å²) in [5.41, 5.74) is 0. The van der Waals surface area contributed by atoms with Gasteiger partial charge in [-0.1, -0.05) is 0 Å². The molecule has 1 heterocycles. The molecule has 1 aromatic heterocycles. The molecule has 3 heteroatoms. The largest absolute Gasteiger partial charge is 0.481 e. The van der Waals surface area contributed by atoms with Gasteiger partial charge in [-0.2, -0.15) is 0 Å². The molecule has 53 valence electrons. The Bertz CT molecular complexity index is 201. The van der Waals surface area contributed by atoms with Crippen molar-refractivity contribution < 1.29 is 14.3 Å². The van der Waals surface area contributed by atoms with E-state index in [-0.39, 0.29) is 6.42 Å². The van der Waals surface area contributed by atoms with Crippen LogP contribution in [0.5, 0.6) is 0 Å². The molecule has 0 bridgehead atoms. The number of carboxylic acid groups (broad SMARTS) is 1. The zero-order valence-electron chi connectivity index (χ0n) is 5.33. The molecule has 10 heavy (non-hydrogen) atoms. The highest BCUT2D eigenvalue weighted by Crippen LogP contribution is 2.02. The first-order valence-corrected chi connectivity index (χ1v) is 2.95.